The van der Waals surface area contributed by atoms with Gasteiger partial charge in [0, 0.05) is 31.3 Å². The molecule has 0 spiro atoms. The smallest absolute Gasteiger partial charge is 0.341 e. The topological polar surface area (TPSA) is 82.7 Å². The van der Waals surface area contributed by atoms with E-state index in [1.807, 2.05) is 35.0 Å². The van der Waals surface area contributed by atoms with Crippen molar-refractivity contribution in [2.45, 2.75) is 19.8 Å². The molecule has 0 saturated carbocycles. The molecule has 7 nitrogen and oxygen atoms in total. The van der Waals surface area contributed by atoms with Crippen molar-refractivity contribution >= 4 is 5.97 Å². The van der Waals surface area contributed by atoms with E-state index in [0.717, 1.165) is 35.4 Å². The van der Waals surface area contributed by atoms with Gasteiger partial charge in [-0.25, -0.2) is 4.79 Å². The maximum atomic E-state index is 12.2. The van der Waals surface area contributed by atoms with Gasteiger partial charge in [0.05, 0.1) is 19.3 Å². The number of aryl methyl sites for hydroxylation is 2. The highest BCUT2D eigenvalue weighted by molar-refractivity contribution is 5.92. The number of carbonyl (C=O) groups is 1. The molecular formula is C25H26N2O5. The maximum Gasteiger partial charge on any atom is 0.341 e. The van der Waals surface area contributed by atoms with Crippen LogP contribution in [0.1, 0.15) is 34.0 Å². The van der Waals surface area contributed by atoms with Crippen molar-refractivity contribution in [2.75, 3.05) is 27.6 Å². The van der Waals surface area contributed by atoms with Crippen molar-refractivity contribution in [3.05, 3.63) is 77.1 Å². The molecule has 0 aliphatic heterocycles. The molecule has 1 aromatic heterocycles. The SMILES string of the molecule is CCOC(=O)c1ccc(-n2cc(C#N)c(CCc3ccc(OC)cc3)c2)cc1OCOC. The summed E-state index contributed by atoms with van der Waals surface area (Å²) in [6.07, 6.45) is 5.23. The van der Waals surface area contributed by atoms with E-state index in [4.69, 9.17) is 18.9 Å². The number of benzene rings is 2. The standard InChI is InChI=1S/C25H26N2O5/c1-4-31-25(28)23-12-9-21(13-24(23)32-17-29-2)27-15-19(20(14-26)16-27)8-5-18-6-10-22(30-3)11-7-18/h6-7,9-13,15-16H,4-5,8,17H2,1-3H3. The molecule has 0 N–H and O–H groups in total. The van der Waals surface area contributed by atoms with E-state index in [0.29, 0.717) is 16.9 Å². The molecule has 32 heavy (non-hydrogen) atoms. The minimum atomic E-state index is -0.462. The number of hydrogen-bond donors (Lipinski definition) is 0. The fraction of sp³-hybridized carbons (Fsp3) is 0.280. The number of esters is 1. The van der Waals surface area contributed by atoms with E-state index in [9.17, 15) is 10.1 Å². The number of carbonyl (C=O) groups excluding carboxylic acids is 1. The van der Waals surface area contributed by atoms with E-state index >= 15 is 0 Å². The number of hydrogen-bond acceptors (Lipinski definition) is 6. The van der Waals surface area contributed by atoms with Gasteiger partial charge in [-0.1, -0.05) is 12.1 Å². The van der Waals surface area contributed by atoms with Crippen molar-refractivity contribution in [1.29, 1.82) is 5.26 Å². The van der Waals surface area contributed by atoms with Gasteiger partial charge in [0.25, 0.3) is 0 Å². The van der Waals surface area contributed by atoms with Gasteiger partial charge in [-0.15, -0.1) is 0 Å². The Bertz CT molecular complexity index is 1100. The predicted octanol–water partition coefficient (Wildman–Crippen LogP) is 4.30. The van der Waals surface area contributed by atoms with Gasteiger partial charge in [-0.3, -0.25) is 0 Å². The van der Waals surface area contributed by atoms with Crippen LogP contribution in [0.2, 0.25) is 0 Å². The Morgan fingerprint density at radius 2 is 1.84 bits per heavy atom. The van der Waals surface area contributed by atoms with E-state index in [2.05, 4.69) is 6.07 Å². The first-order valence-electron chi connectivity index (χ1n) is 10.3. The summed E-state index contributed by atoms with van der Waals surface area (Å²) < 4.78 is 22.7. The number of methoxy groups -OCH3 is 2. The van der Waals surface area contributed by atoms with E-state index in [1.54, 1.807) is 38.4 Å². The van der Waals surface area contributed by atoms with Crippen molar-refractivity contribution in [3.8, 4) is 23.3 Å². The summed E-state index contributed by atoms with van der Waals surface area (Å²) >= 11 is 0. The fourth-order valence-corrected chi connectivity index (χ4v) is 3.31. The normalized spacial score (nSPS) is 10.4. The third kappa shape index (κ3) is 5.48. The highest BCUT2D eigenvalue weighted by Crippen LogP contribution is 2.26. The molecule has 0 atom stereocenters. The summed E-state index contributed by atoms with van der Waals surface area (Å²) in [5.41, 5.74) is 3.79. The Kier molecular flexibility index (Phi) is 7.90. The molecule has 0 fully saturated rings. The first-order chi connectivity index (χ1) is 15.6. The van der Waals surface area contributed by atoms with Crippen LogP contribution in [0.5, 0.6) is 11.5 Å². The third-order valence-corrected chi connectivity index (χ3v) is 4.96. The van der Waals surface area contributed by atoms with Crippen molar-refractivity contribution in [3.63, 3.8) is 0 Å². The summed E-state index contributed by atoms with van der Waals surface area (Å²) in [6.45, 7) is 2.02. The molecule has 0 saturated heterocycles. The average molecular weight is 434 g/mol. The molecule has 3 aromatic rings. The molecule has 1 heterocycles. The number of nitriles is 1. The van der Waals surface area contributed by atoms with Gasteiger partial charge in [0.15, 0.2) is 6.79 Å². The van der Waals surface area contributed by atoms with E-state index in [-0.39, 0.29) is 13.4 Å². The van der Waals surface area contributed by atoms with Crippen LogP contribution in [-0.4, -0.2) is 38.2 Å². The molecule has 166 valence electrons. The van der Waals surface area contributed by atoms with Crippen LogP contribution in [0.3, 0.4) is 0 Å². The molecule has 0 aliphatic carbocycles. The first-order valence-corrected chi connectivity index (χ1v) is 10.3. The Labute approximate surface area is 187 Å². The molecule has 0 amide bonds. The Morgan fingerprint density at radius 3 is 2.50 bits per heavy atom. The zero-order valence-electron chi connectivity index (χ0n) is 18.5. The second-order valence-electron chi connectivity index (χ2n) is 7.02. The summed E-state index contributed by atoms with van der Waals surface area (Å²) in [7, 11) is 3.15. The lowest BCUT2D eigenvalue weighted by Crippen LogP contribution is -2.10. The van der Waals surface area contributed by atoms with Crippen LogP contribution < -0.4 is 9.47 Å². The Balaban J connectivity index is 1.84. The largest absolute Gasteiger partial charge is 0.497 e. The third-order valence-electron chi connectivity index (χ3n) is 4.96. The van der Waals surface area contributed by atoms with E-state index < -0.39 is 5.97 Å². The lowest BCUT2D eigenvalue weighted by Gasteiger charge is -2.12. The highest BCUT2D eigenvalue weighted by atomic mass is 16.7. The second-order valence-corrected chi connectivity index (χ2v) is 7.02. The zero-order chi connectivity index (χ0) is 22.9. The van der Waals surface area contributed by atoms with E-state index in [1.165, 1.54) is 7.11 Å². The highest BCUT2D eigenvalue weighted by Gasteiger charge is 2.16. The number of nitrogens with zero attached hydrogens (tertiary/aromatic N) is 2. The lowest BCUT2D eigenvalue weighted by molar-refractivity contribution is 0.0438. The number of rotatable bonds is 10. The molecular weight excluding hydrogens is 408 g/mol. The van der Waals surface area contributed by atoms with Gasteiger partial charge in [0.2, 0.25) is 0 Å². The average Bonchev–Trinajstić information content (AvgIpc) is 3.25. The summed E-state index contributed by atoms with van der Waals surface area (Å²) in [6, 6.07) is 15.4. The minimum Gasteiger partial charge on any atom is -0.497 e. The van der Waals surface area contributed by atoms with Crippen LogP contribution in [0, 0.1) is 11.3 Å². The molecule has 0 aliphatic rings. The first kappa shape index (κ1) is 22.9. The molecule has 0 unspecified atom stereocenters. The quantitative estimate of drug-likeness (QED) is 0.349. The van der Waals surface area contributed by atoms with Gasteiger partial charge >= 0.3 is 5.97 Å². The fourth-order valence-electron chi connectivity index (χ4n) is 3.31. The van der Waals surface area contributed by atoms with Gasteiger partial charge in [-0.05, 0) is 55.2 Å². The summed E-state index contributed by atoms with van der Waals surface area (Å²) in [4.78, 5) is 12.2. The van der Waals surface area contributed by atoms with Gasteiger partial charge in [0.1, 0.15) is 23.1 Å². The monoisotopic (exact) mass is 434 g/mol. The molecule has 0 radical (unpaired) electrons. The Morgan fingerprint density at radius 1 is 1.06 bits per heavy atom. The van der Waals surface area contributed by atoms with Crippen LogP contribution in [0.4, 0.5) is 0 Å². The van der Waals surface area contributed by atoms with Crippen LogP contribution in [0.15, 0.2) is 54.9 Å². The van der Waals surface area contributed by atoms with Crippen LogP contribution >= 0.6 is 0 Å². The number of ether oxygens (including phenoxy) is 4. The minimum absolute atomic E-state index is 0.00189. The lowest BCUT2D eigenvalue weighted by atomic mass is 10.0. The van der Waals surface area contributed by atoms with Gasteiger partial charge in [-0.2, -0.15) is 5.26 Å². The van der Waals surface area contributed by atoms with Crippen molar-refractivity contribution in [1.82, 2.24) is 4.57 Å². The van der Waals surface area contributed by atoms with Crippen molar-refractivity contribution < 1.29 is 23.7 Å². The Hall–Kier alpha value is -3.76. The van der Waals surface area contributed by atoms with Crippen LogP contribution in [0.25, 0.3) is 5.69 Å². The number of aromatic nitrogens is 1. The zero-order valence-corrected chi connectivity index (χ0v) is 18.5. The predicted molar refractivity (Wildman–Crippen MR) is 119 cm³/mol. The van der Waals surface area contributed by atoms with Crippen molar-refractivity contribution in [2.24, 2.45) is 0 Å². The van der Waals surface area contributed by atoms with Crippen LogP contribution in [-0.2, 0) is 22.3 Å². The molecule has 7 heteroatoms. The molecule has 2 aromatic carbocycles. The summed E-state index contributed by atoms with van der Waals surface area (Å²) in [5, 5.41) is 9.61. The molecule has 3 rings (SSSR count). The maximum absolute atomic E-state index is 12.2. The summed E-state index contributed by atoms with van der Waals surface area (Å²) in [5.74, 6) is 0.709. The van der Waals surface area contributed by atoms with Gasteiger partial charge < -0.3 is 23.5 Å². The second kappa shape index (κ2) is 11.0. The molecule has 0 bridgehead atoms.